The molecule has 11 atom stereocenters. The van der Waals surface area contributed by atoms with Crippen molar-refractivity contribution in [1.82, 2.24) is 0 Å². The SMILES string of the molecule is CC1(C)OC(=O)C(C2C3C4C5CC6C7C5C3C7C2(C2C(=O)OC(C)(C)OC2=O)C64)C(=O)O1. The van der Waals surface area contributed by atoms with Gasteiger partial charge in [0.05, 0.1) is 0 Å². The van der Waals surface area contributed by atoms with Gasteiger partial charge in [-0.2, -0.15) is 0 Å². The zero-order valence-electron chi connectivity index (χ0n) is 18.4. The fraction of sp³-hybridized carbons (Fsp3) is 0.833. The van der Waals surface area contributed by atoms with E-state index in [1.165, 1.54) is 0 Å². The molecule has 9 rings (SSSR count). The minimum Gasteiger partial charge on any atom is -0.422 e. The van der Waals surface area contributed by atoms with Crippen LogP contribution in [0.15, 0.2) is 0 Å². The van der Waals surface area contributed by atoms with Crippen LogP contribution in [0.4, 0.5) is 0 Å². The first-order valence-corrected chi connectivity index (χ1v) is 11.9. The van der Waals surface area contributed by atoms with Gasteiger partial charge in [0.25, 0.3) is 11.6 Å². The van der Waals surface area contributed by atoms with Crippen molar-refractivity contribution in [3.05, 3.63) is 0 Å². The fourth-order valence-corrected chi connectivity index (χ4v) is 11.3. The predicted molar refractivity (Wildman–Crippen MR) is 101 cm³/mol. The topological polar surface area (TPSA) is 105 Å². The highest BCUT2D eigenvalue weighted by Crippen LogP contribution is 2.97. The Morgan fingerprint density at radius 1 is 0.594 bits per heavy atom. The number of hydrogen-bond acceptors (Lipinski definition) is 8. The maximum atomic E-state index is 13.4. The van der Waals surface area contributed by atoms with E-state index in [4.69, 9.17) is 18.9 Å². The first kappa shape index (κ1) is 18.3. The van der Waals surface area contributed by atoms with E-state index in [-0.39, 0.29) is 17.8 Å². The molecule has 0 spiro atoms. The van der Waals surface area contributed by atoms with Crippen molar-refractivity contribution in [2.45, 2.75) is 45.7 Å². The number of cyclic esters (lactones) is 4. The van der Waals surface area contributed by atoms with Crippen LogP contribution in [0, 0.1) is 76.4 Å². The molecule has 0 N–H and O–H groups in total. The minimum absolute atomic E-state index is 0.158. The summed E-state index contributed by atoms with van der Waals surface area (Å²) < 4.78 is 22.2. The monoisotopic (exact) mass is 442 g/mol. The highest BCUT2D eigenvalue weighted by molar-refractivity contribution is 6.00. The van der Waals surface area contributed by atoms with E-state index >= 15 is 0 Å². The molecule has 7 saturated carbocycles. The second-order valence-corrected chi connectivity index (χ2v) is 12.4. The first-order chi connectivity index (χ1) is 15.0. The van der Waals surface area contributed by atoms with Crippen LogP contribution in [0.25, 0.3) is 0 Å². The van der Waals surface area contributed by atoms with E-state index in [1.54, 1.807) is 27.7 Å². The fourth-order valence-electron chi connectivity index (χ4n) is 11.3. The van der Waals surface area contributed by atoms with Crippen LogP contribution >= 0.6 is 0 Å². The second-order valence-electron chi connectivity index (χ2n) is 12.4. The third-order valence-electron chi connectivity index (χ3n) is 10.9. The molecule has 0 amide bonds. The average molecular weight is 442 g/mol. The molecule has 4 bridgehead atoms. The Labute approximate surface area is 184 Å². The normalized spacial score (nSPS) is 57.0. The van der Waals surface area contributed by atoms with Crippen molar-refractivity contribution in [2.75, 3.05) is 0 Å². The zero-order chi connectivity index (χ0) is 22.3. The standard InChI is InChI=1S/C24H26O8/c1-22(2)29-18(25)13(19(26)30-22)16-12-9-6-5-7-10-8(6)11(12)15(10)24(16,14(7)9)17-20(27)31-23(3,4)32-21(17)28/h6-17H,5H2,1-4H3. The van der Waals surface area contributed by atoms with E-state index in [0.717, 1.165) is 6.42 Å². The zero-order valence-corrected chi connectivity index (χ0v) is 18.4. The molecular weight excluding hydrogens is 416 g/mol. The Morgan fingerprint density at radius 2 is 1.09 bits per heavy atom. The summed E-state index contributed by atoms with van der Waals surface area (Å²) >= 11 is 0. The van der Waals surface area contributed by atoms with Crippen molar-refractivity contribution in [1.29, 1.82) is 0 Å². The molecule has 0 aromatic carbocycles. The van der Waals surface area contributed by atoms with Gasteiger partial charge in [0, 0.05) is 33.1 Å². The van der Waals surface area contributed by atoms with Crippen LogP contribution in [0.2, 0.25) is 0 Å². The maximum absolute atomic E-state index is 13.4. The predicted octanol–water partition coefficient (Wildman–Crippen LogP) is 1.51. The maximum Gasteiger partial charge on any atom is 0.324 e. The number of hydrogen-bond donors (Lipinski definition) is 0. The van der Waals surface area contributed by atoms with Crippen LogP contribution in [0.3, 0.4) is 0 Å². The molecule has 7 aliphatic carbocycles. The summed E-state index contributed by atoms with van der Waals surface area (Å²) in [5.41, 5.74) is -0.772. The largest absolute Gasteiger partial charge is 0.422 e. The summed E-state index contributed by atoms with van der Waals surface area (Å²) in [4.78, 5) is 53.3. The van der Waals surface area contributed by atoms with Gasteiger partial charge in [0.1, 0.15) is 0 Å². The molecule has 11 unspecified atom stereocenters. The van der Waals surface area contributed by atoms with Gasteiger partial charge in [-0.05, 0) is 65.6 Å². The number of carbonyl (C=O) groups excluding carboxylic acids is 4. The third kappa shape index (κ3) is 1.55. The summed E-state index contributed by atoms with van der Waals surface area (Å²) in [6.45, 7) is 6.20. The van der Waals surface area contributed by atoms with E-state index in [0.29, 0.717) is 35.5 Å². The van der Waals surface area contributed by atoms with Crippen molar-refractivity contribution < 1.29 is 38.1 Å². The minimum atomic E-state index is -1.31. The second kappa shape index (κ2) is 4.73. The molecule has 0 radical (unpaired) electrons. The number of carbonyl (C=O) groups is 4. The Balaban J connectivity index is 1.31. The van der Waals surface area contributed by atoms with Gasteiger partial charge in [-0.25, -0.2) is 0 Å². The Hall–Kier alpha value is -2.12. The van der Waals surface area contributed by atoms with Crippen LogP contribution in [-0.2, 0) is 38.1 Å². The van der Waals surface area contributed by atoms with Gasteiger partial charge < -0.3 is 18.9 Å². The molecule has 32 heavy (non-hydrogen) atoms. The van der Waals surface area contributed by atoms with Gasteiger partial charge in [-0.15, -0.1) is 0 Å². The summed E-state index contributed by atoms with van der Waals surface area (Å²) in [5.74, 6) is -4.18. The quantitative estimate of drug-likeness (QED) is 0.468. The first-order valence-electron chi connectivity index (χ1n) is 11.9. The van der Waals surface area contributed by atoms with Crippen LogP contribution in [-0.4, -0.2) is 35.5 Å². The molecule has 2 aliphatic heterocycles. The van der Waals surface area contributed by atoms with Crippen LogP contribution in [0.1, 0.15) is 34.1 Å². The Bertz CT molecular complexity index is 1020. The smallest absolute Gasteiger partial charge is 0.324 e. The van der Waals surface area contributed by atoms with E-state index in [9.17, 15) is 19.2 Å². The molecule has 0 aromatic rings. The highest BCUT2D eigenvalue weighted by atomic mass is 16.8. The van der Waals surface area contributed by atoms with Crippen molar-refractivity contribution >= 4 is 23.9 Å². The molecule has 2 saturated heterocycles. The molecular formula is C24H26O8. The molecule has 8 nitrogen and oxygen atoms in total. The average Bonchev–Trinajstić information content (AvgIpc) is 3.25. The van der Waals surface area contributed by atoms with Gasteiger partial charge in [-0.1, -0.05) is 0 Å². The molecule has 9 fully saturated rings. The lowest BCUT2D eigenvalue weighted by Gasteiger charge is -2.51. The lowest BCUT2D eigenvalue weighted by Crippen LogP contribution is -2.60. The van der Waals surface area contributed by atoms with Gasteiger partial charge in [0.2, 0.25) is 0 Å². The lowest BCUT2D eigenvalue weighted by atomic mass is 9.53. The number of esters is 4. The molecule has 2 heterocycles. The lowest BCUT2D eigenvalue weighted by molar-refractivity contribution is -0.258. The third-order valence-corrected chi connectivity index (χ3v) is 10.9. The van der Waals surface area contributed by atoms with Gasteiger partial charge in [0.15, 0.2) is 11.8 Å². The number of rotatable bonds is 2. The molecule has 0 aromatic heterocycles. The van der Waals surface area contributed by atoms with E-state index in [1.807, 2.05) is 0 Å². The van der Waals surface area contributed by atoms with E-state index < -0.39 is 58.6 Å². The summed E-state index contributed by atoms with van der Waals surface area (Å²) in [6, 6.07) is 0. The summed E-state index contributed by atoms with van der Waals surface area (Å²) in [5, 5.41) is 0. The van der Waals surface area contributed by atoms with Gasteiger partial charge >= 0.3 is 23.9 Å². The van der Waals surface area contributed by atoms with Crippen molar-refractivity contribution in [3.8, 4) is 0 Å². The molecule has 9 aliphatic rings. The Morgan fingerprint density at radius 3 is 1.69 bits per heavy atom. The van der Waals surface area contributed by atoms with Crippen molar-refractivity contribution in [2.24, 2.45) is 76.4 Å². The van der Waals surface area contributed by atoms with Crippen molar-refractivity contribution in [3.63, 3.8) is 0 Å². The highest BCUT2D eigenvalue weighted by Gasteiger charge is 2.97. The summed E-state index contributed by atoms with van der Waals surface area (Å²) in [7, 11) is 0. The van der Waals surface area contributed by atoms with Crippen LogP contribution in [0.5, 0.6) is 0 Å². The van der Waals surface area contributed by atoms with Crippen LogP contribution < -0.4 is 0 Å². The molecule has 170 valence electrons. The van der Waals surface area contributed by atoms with E-state index in [2.05, 4.69) is 0 Å². The number of ether oxygens (including phenoxy) is 4. The molecule has 8 heteroatoms. The summed E-state index contributed by atoms with van der Waals surface area (Å²) in [6.07, 6.45) is 1.15. The van der Waals surface area contributed by atoms with Gasteiger partial charge in [-0.3, -0.25) is 19.2 Å². The Kier molecular flexibility index (Phi) is 2.71.